The first kappa shape index (κ1) is 20.3. The standard InChI is InChI=1S/C16H36N4O/c1-7-10-16(2,17)15(21)20(13-8-11-18(3)4)14-9-12-19(5)6/h7-14,17H2,1-6H3. The Hall–Kier alpha value is -0.650. The Bertz CT molecular complexity index is 276. The fraction of sp³-hybridized carbons (Fsp3) is 0.938. The molecule has 21 heavy (non-hydrogen) atoms. The maximum absolute atomic E-state index is 12.7. The number of rotatable bonds is 11. The number of nitrogens with zero attached hydrogens (tertiary/aromatic N) is 3. The van der Waals surface area contributed by atoms with E-state index in [2.05, 4.69) is 44.9 Å². The number of carbonyl (C=O) groups excluding carboxylic acids is 1. The van der Waals surface area contributed by atoms with Crippen LogP contribution in [0.1, 0.15) is 39.5 Å². The van der Waals surface area contributed by atoms with Crippen molar-refractivity contribution in [1.29, 1.82) is 0 Å². The number of hydrogen-bond donors (Lipinski definition) is 1. The van der Waals surface area contributed by atoms with E-state index in [0.29, 0.717) is 0 Å². The maximum Gasteiger partial charge on any atom is 0.242 e. The molecule has 0 aromatic heterocycles. The maximum atomic E-state index is 12.7. The molecule has 0 bridgehead atoms. The summed E-state index contributed by atoms with van der Waals surface area (Å²) in [4.78, 5) is 18.9. The van der Waals surface area contributed by atoms with Crippen LogP contribution >= 0.6 is 0 Å². The highest BCUT2D eigenvalue weighted by atomic mass is 16.2. The first-order valence-corrected chi connectivity index (χ1v) is 8.08. The van der Waals surface area contributed by atoms with E-state index < -0.39 is 5.54 Å². The van der Waals surface area contributed by atoms with Crippen molar-refractivity contribution in [3.05, 3.63) is 0 Å². The van der Waals surface area contributed by atoms with Gasteiger partial charge in [0.2, 0.25) is 5.91 Å². The summed E-state index contributed by atoms with van der Waals surface area (Å²) in [7, 11) is 8.23. The molecule has 2 N–H and O–H groups in total. The Balaban J connectivity index is 4.57. The summed E-state index contributed by atoms with van der Waals surface area (Å²) in [5.74, 6) is 0.0989. The minimum absolute atomic E-state index is 0.0989. The van der Waals surface area contributed by atoms with Crippen LogP contribution in [-0.2, 0) is 4.79 Å². The molecule has 0 heterocycles. The molecule has 0 radical (unpaired) electrons. The zero-order valence-corrected chi connectivity index (χ0v) is 15.0. The zero-order valence-electron chi connectivity index (χ0n) is 15.0. The number of carbonyl (C=O) groups is 1. The van der Waals surface area contributed by atoms with Crippen LogP contribution in [0.4, 0.5) is 0 Å². The first-order chi connectivity index (χ1) is 9.70. The molecule has 0 aromatic carbocycles. The summed E-state index contributed by atoms with van der Waals surface area (Å²) < 4.78 is 0. The lowest BCUT2D eigenvalue weighted by atomic mass is 9.95. The second-order valence-electron chi connectivity index (χ2n) is 6.77. The van der Waals surface area contributed by atoms with Gasteiger partial charge in [0.25, 0.3) is 0 Å². The van der Waals surface area contributed by atoms with E-state index in [9.17, 15) is 4.79 Å². The van der Waals surface area contributed by atoms with Crippen LogP contribution in [-0.4, -0.2) is 80.5 Å². The van der Waals surface area contributed by atoms with Crippen molar-refractivity contribution < 1.29 is 4.79 Å². The second kappa shape index (κ2) is 10.1. The highest BCUT2D eigenvalue weighted by molar-refractivity contribution is 5.85. The molecule has 1 unspecified atom stereocenters. The Morgan fingerprint density at radius 2 is 1.38 bits per heavy atom. The predicted octanol–water partition coefficient (Wildman–Crippen LogP) is 1.24. The smallest absolute Gasteiger partial charge is 0.242 e. The summed E-state index contributed by atoms with van der Waals surface area (Å²) in [5, 5.41) is 0. The van der Waals surface area contributed by atoms with Gasteiger partial charge in [0, 0.05) is 13.1 Å². The quantitative estimate of drug-likeness (QED) is 0.624. The summed E-state index contributed by atoms with van der Waals surface area (Å²) in [6.07, 6.45) is 3.65. The van der Waals surface area contributed by atoms with Crippen molar-refractivity contribution in [1.82, 2.24) is 14.7 Å². The van der Waals surface area contributed by atoms with Gasteiger partial charge in [0.15, 0.2) is 0 Å². The van der Waals surface area contributed by atoms with E-state index in [4.69, 9.17) is 5.73 Å². The summed E-state index contributed by atoms with van der Waals surface area (Å²) >= 11 is 0. The summed E-state index contributed by atoms with van der Waals surface area (Å²) in [5.41, 5.74) is 5.49. The van der Waals surface area contributed by atoms with Crippen molar-refractivity contribution in [2.75, 3.05) is 54.4 Å². The number of nitrogens with two attached hydrogens (primary N) is 1. The molecule has 0 saturated carbocycles. The lowest BCUT2D eigenvalue weighted by molar-refractivity contribution is -0.137. The van der Waals surface area contributed by atoms with Crippen LogP contribution in [0, 0.1) is 0 Å². The molecule has 0 aliphatic carbocycles. The van der Waals surface area contributed by atoms with Gasteiger partial charge < -0.3 is 20.4 Å². The Morgan fingerprint density at radius 3 is 1.71 bits per heavy atom. The van der Waals surface area contributed by atoms with Gasteiger partial charge in [-0.05, 0) is 67.5 Å². The highest BCUT2D eigenvalue weighted by Crippen LogP contribution is 2.13. The van der Waals surface area contributed by atoms with E-state index >= 15 is 0 Å². The fourth-order valence-electron chi connectivity index (χ4n) is 2.46. The van der Waals surface area contributed by atoms with E-state index in [1.165, 1.54) is 0 Å². The van der Waals surface area contributed by atoms with Crippen LogP contribution in [0.3, 0.4) is 0 Å². The van der Waals surface area contributed by atoms with Crippen molar-refractivity contribution in [2.24, 2.45) is 5.73 Å². The fourth-order valence-corrected chi connectivity index (χ4v) is 2.46. The van der Waals surface area contributed by atoms with Gasteiger partial charge in [0.05, 0.1) is 5.54 Å². The van der Waals surface area contributed by atoms with Gasteiger partial charge >= 0.3 is 0 Å². The second-order valence-corrected chi connectivity index (χ2v) is 6.77. The van der Waals surface area contributed by atoms with E-state index in [1.54, 1.807) is 0 Å². The third-order valence-electron chi connectivity index (χ3n) is 3.61. The van der Waals surface area contributed by atoms with Crippen LogP contribution in [0.5, 0.6) is 0 Å². The van der Waals surface area contributed by atoms with Crippen LogP contribution in [0.2, 0.25) is 0 Å². The molecular formula is C16H36N4O. The number of hydrogen-bond acceptors (Lipinski definition) is 4. The molecule has 0 saturated heterocycles. The zero-order chi connectivity index (χ0) is 16.5. The SMILES string of the molecule is CCCC(C)(N)C(=O)N(CCCN(C)C)CCCN(C)C. The van der Waals surface area contributed by atoms with Gasteiger partial charge in [-0.1, -0.05) is 13.3 Å². The van der Waals surface area contributed by atoms with Crippen LogP contribution < -0.4 is 5.73 Å². The van der Waals surface area contributed by atoms with Gasteiger partial charge in [0.1, 0.15) is 0 Å². The van der Waals surface area contributed by atoms with Crippen LogP contribution in [0.15, 0.2) is 0 Å². The average Bonchev–Trinajstić information content (AvgIpc) is 2.35. The molecule has 0 rings (SSSR count). The van der Waals surface area contributed by atoms with E-state index in [0.717, 1.165) is 51.9 Å². The molecule has 0 aliphatic rings. The minimum atomic E-state index is -0.731. The lowest BCUT2D eigenvalue weighted by Crippen LogP contribution is -2.54. The van der Waals surface area contributed by atoms with Crippen molar-refractivity contribution >= 4 is 5.91 Å². The molecule has 1 amide bonds. The molecule has 0 spiro atoms. The normalized spacial score (nSPS) is 14.5. The summed E-state index contributed by atoms with van der Waals surface area (Å²) in [6, 6.07) is 0. The number of amides is 1. The molecule has 5 nitrogen and oxygen atoms in total. The summed E-state index contributed by atoms with van der Waals surface area (Å²) in [6.45, 7) is 7.51. The highest BCUT2D eigenvalue weighted by Gasteiger charge is 2.31. The first-order valence-electron chi connectivity index (χ1n) is 8.08. The molecule has 0 fully saturated rings. The molecule has 1 atom stereocenters. The predicted molar refractivity (Wildman–Crippen MR) is 90.4 cm³/mol. The molecule has 5 heteroatoms. The third-order valence-corrected chi connectivity index (χ3v) is 3.61. The van der Waals surface area contributed by atoms with Crippen molar-refractivity contribution in [2.45, 2.75) is 45.1 Å². The van der Waals surface area contributed by atoms with Gasteiger partial charge in [-0.3, -0.25) is 4.79 Å². The van der Waals surface area contributed by atoms with Gasteiger partial charge in [-0.2, -0.15) is 0 Å². The van der Waals surface area contributed by atoms with Crippen molar-refractivity contribution in [3.63, 3.8) is 0 Å². The van der Waals surface area contributed by atoms with E-state index in [1.807, 2.05) is 11.8 Å². The minimum Gasteiger partial charge on any atom is -0.341 e. The van der Waals surface area contributed by atoms with E-state index in [-0.39, 0.29) is 5.91 Å². The molecular weight excluding hydrogens is 264 g/mol. The monoisotopic (exact) mass is 300 g/mol. The Kier molecular flexibility index (Phi) is 9.83. The largest absolute Gasteiger partial charge is 0.341 e. The third kappa shape index (κ3) is 9.06. The molecule has 0 aromatic rings. The topological polar surface area (TPSA) is 52.8 Å². The van der Waals surface area contributed by atoms with Crippen LogP contribution in [0.25, 0.3) is 0 Å². The molecule has 0 aliphatic heterocycles. The average molecular weight is 300 g/mol. The van der Waals surface area contributed by atoms with Crippen molar-refractivity contribution in [3.8, 4) is 0 Å². The van der Waals surface area contributed by atoms with Gasteiger partial charge in [-0.15, -0.1) is 0 Å². The lowest BCUT2D eigenvalue weighted by Gasteiger charge is -2.32. The Morgan fingerprint density at radius 1 is 0.952 bits per heavy atom. The van der Waals surface area contributed by atoms with Gasteiger partial charge in [-0.25, -0.2) is 0 Å². The molecule has 126 valence electrons. The Labute approximate surface area is 131 Å².